The fraction of sp³-hybridized carbons (Fsp3) is 0.118. The predicted octanol–water partition coefficient (Wildman–Crippen LogP) is 4.06. The summed E-state index contributed by atoms with van der Waals surface area (Å²) in [5.41, 5.74) is 0.824. The van der Waals surface area contributed by atoms with Gasteiger partial charge in [0.25, 0.3) is 0 Å². The van der Waals surface area contributed by atoms with E-state index in [4.69, 9.17) is 9.47 Å². The summed E-state index contributed by atoms with van der Waals surface area (Å²) >= 11 is 0. The molecule has 2 aromatic carbocycles. The highest BCUT2D eigenvalue weighted by molar-refractivity contribution is 5.87. The Morgan fingerprint density at radius 3 is 2.50 bits per heavy atom. The van der Waals surface area contributed by atoms with E-state index in [1.165, 1.54) is 6.08 Å². The van der Waals surface area contributed by atoms with Gasteiger partial charge in [-0.1, -0.05) is 36.4 Å². The van der Waals surface area contributed by atoms with Gasteiger partial charge in [0.2, 0.25) is 0 Å². The summed E-state index contributed by atoms with van der Waals surface area (Å²) < 4.78 is 10.7. The van der Waals surface area contributed by atoms with E-state index in [1.54, 1.807) is 13.0 Å². The van der Waals surface area contributed by atoms with Gasteiger partial charge in [-0.2, -0.15) is 0 Å². The molecule has 0 N–H and O–H groups in total. The van der Waals surface area contributed by atoms with E-state index in [1.807, 2.05) is 54.6 Å². The first-order chi connectivity index (χ1) is 9.79. The molecule has 2 rings (SSSR count). The summed E-state index contributed by atoms with van der Waals surface area (Å²) in [7, 11) is 0. The molecular formula is C17H16O3. The van der Waals surface area contributed by atoms with Crippen molar-refractivity contribution in [3.63, 3.8) is 0 Å². The number of carbonyl (C=O) groups is 1. The lowest BCUT2D eigenvalue weighted by Crippen LogP contribution is -1.98. The number of carbonyl (C=O) groups excluding carboxylic acids is 1. The Hall–Kier alpha value is -2.55. The van der Waals surface area contributed by atoms with Crippen LogP contribution >= 0.6 is 0 Å². The summed E-state index contributed by atoms with van der Waals surface area (Å²) in [4.78, 5) is 11.3. The van der Waals surface area contributed by atoms with Crippen molar-refractivity contribution in [3.05, 3.63) is 66.2 Å². The molecule has 0 atom stereocenters. The van der Waals surface area contributed by atoms with Gasteiger partial charge in [0.1, 0.15) is 11.5 Å². The molecule has 0 unspecified atom stereocenters. The maximum absolute atomic E-state index is 11.3. The van der Waals surface area contributed by atoms with Gasteiger partial charge in [-0.15, -0.1) is 0 Å². The van der Waals surface area contributed by atoms with Crippen molar-refractivity contribution < 1.29 is 14.3 Å². The molecule has 102 valence electrons. The molecule has 2 aromatic rings. The van der Waals surface area contributed by atoms with Crippen molar-refractivity contribution in [2.45, 2.75) is 6.92 Å². The average Bonchev–Trinajstić information content (AvgIpc) is 2.48. The molecule has 0 amide bonds. The third-order valence-corrected chi connectivity index (χ3v) is 2.58. The summed E-state index contributed by atoms with van der Waals surface area (Å²) in [5.74, 6) is 1.09. The molecule has 0 aliphatic rings. The Morgan fingerprint density at radius 1 is 1.05 bits per heavy atom. The van der Waals surface area contributed by atoms with Gasteiger partial charge in [-0.3, -0.25) is 0 Å². The van der Waals surface area contributed by atoms with Crippen molar-refractivity contribution in [1.82, 2.24) is 0 Å². The molecular weight excluding hydrogens is 252 g/mol. The van der Waals surface area contributed by atoms with Crippen LogP contribution in [0.2, 0.25) is 0 Å². The third-order valence-electron chi connectivity index (χ3n) is 2.58. The van der Waals surface area contributed by atoms with Crippen LogP contribution in [-0.4, -0.2) is 12.6 Å². The highest BCUT2D eigenvalue weighted by Crippen LogP contribution is 2.25. The van der Waals surface area contributed by atoms with Gasteiger partial charge < -0.3 is 9.47 Å². The Balaban J connectivity index is 2.16. The molecule has 0 spiro atoms. The van der Waals surface area contributed by atoms with E-state index < -0.39 is 0 Å². The van der Waals surface area contributed by atoms with E-state index in [-0.39, 0.29) is 5.97 Å². The fourth-order valence-corrected chi connectivity index (χ4v) is 1.67. The van der Waals surface area contributed by atoms with Crippen LogP contribution in [0, 0.1) is 0 Å². The van der Waals surface area contributed by atoms with Crippen molar-refractivity contribution in [2.75, 3.05) is 6.61 Å². The molecule has 0 saturated carbocycles. The smallest absolute Gasteiger partial charge is 0.330 e. The molecule has 0 radical (unpaired) electrons. The first kappa shape index (κ1) is 13.9. The van der Waals surface area contributed by atoms with Crippen LogP contribution in [0.25, 0.3) is 6.08 Å². The molecule has 0 fully saturated rings. The Kier molecular flexibility index (Phi) is 4.95. The van der Waals surface area contributed by atoms with Crippen molar-refractivity contribution in [1.29, 1.82) is 0 Å². The van der Waals surface area contributed by atoms with Crippen LogP contribution < -0.4 is 4.74 Å². The predicted molar refractivity (Wildman–Crippen MR) is 78.6 cm³/mol. The summed E-state index contributed by atoms with van der Waals surface area (Å²) in [6.07, 6.45) is 3.09. The molecule has 0 aliphatic heterocycles. The number of para-hydroxylation sites is 2. The molecule has 20 heavy (non-hydrogen) atoms. The first-order valence-electron chi connectivity index (χ1n) is 6.46. The second kappa shape index (κ2) is 7.14. The number of ether oxygens (including phenoxy) is 2. The van der Waals surface area contributed by atoms with Gasteiger partial charge in [-0.05, 0) is 31.2 Å². The summed E-state index contributed by atoms with van der Waals surface area (Å²) in [6.45, 7) is 2.14. The highest BCUT2D eigenvalue weighted by Gasteiger charge is 2.02. The maximum atomic E-state index is 11.3. The lowest BCUT2D eigenvalue weighted by molar-refractivity contribution is -0.137. The lowest BCUT2D eigenvalue weighted by atomic mass is 10.2. The molecule has 0 saturated heterocycles. The monoisotopic (exact) mass is 268 g/mol. The van der Waals surface area contributed by atoms with Crippen molar-refractivity contribution in [3.8, 4) is 11.5 Å². The lowest BCUT2D eigenvalue weighted by Gasteiger charge is -2.08. The number of esters is 1. The zero-order chi connectivity index (χ0) is 14.2. The summed E-state index contributed by atoms with van der Waals surface area (Å²) in [6, 6.07) is 17.0. The molecule has 0 bridgehead atoms. The van der Waals surface area contributed by atoms with Crippen LogP contribution in [0.4, 0.5) is 0 Å². The van der Waals surface area contributed by atoms with Crippen LogP contribution in [0.3, 0.4) is 0 Å². The largest absolute Gasteiger partial charge is 0.463 e. The maximum Gasteiger partial charge on any atom is 0.330 e. The highest BCUT2D eigenvalue weighted by atomic mass is 16.5. The van der Waals surface area contributed by atoms with Crippen molar-refractivity contribution in [2.24, 2.45) is 0 Å². The zero-order valence-corrected chi connectivity index (χ0v) is 11.3. The van der Waals surface area contributed by atoms with Crippen LogP contribution in [0.1, 0.15) is 12.5 Å². The van der Waals surface area contributed by atoms with Gasteiger partial charge in [0.05, 0.1) is 6.61 Å². The minimum atomic E-state index is -0.359. The molecule has 0 heterocycles. The summed E-state index contributed by atoms with van der Waals surface area (Å²) in [5, 5.41) is 0. The van der Waals surface area contributed by atoms with Crippen LogP contribution in [-0.2, 0) is 9.53 Å². The fourth-order valence-electron chi connectivity index (χ4n) is 1.67. The van der Waals surface area contributed by atoms with E-state index >= 15 is 0 Å². The number of benzene rings is 2. The Morgan fingerprint density at radius 2 is 1.75 bits per heavy atom. The first-order valence-corrected chi connectivity index (χ1v) is 6.46. The van der Waals surface area contributed by atoms with Crippen LogP contribution in [0.15, 0.2) is 60.7 Å². The second-order valence-corrected chi connectivity index (χ2v) is 4.04. The van der Waals surface area contributed by atoms with E-state index in [2.05, 4.69) is 0 Å². The topological polar surface area (TPSA) is 35.5 Å². The van der Waals surface area contributed by atoms with E-state index in [9.17, 15) is 4.79 Å². The minimum absolute atomic E-state index is 0.359. The molecule has 3 nitrogen and oxygen atoms in total. The SMILES string of the molecule is CCOC(=O)C=Cc1ccccc1Oc1ccccc1. The average molecular weight is 268 g/mol. The Bertz CT molecular complexity index is 588. The molecule has 3 heteroatoms. The molecule has 0 aromatic heterocycles. The zero-order valence-electron chi connectivity index (χ0n) is 11.3. The minimum Gasteiger partial charge on any atom is -0.463 e. The number of hydrogen-bond acceptors (Lipinski definition) is 3. The van der Waals surface area contributed by atoms with Crippen molar-refractivity contribution >= 4 is 12.0 Å². The van der Waals surface area contributed by atoms with Gasteiger partial charge in [0, 0.05) is 11.6 Å². The second-order valence-electron chi connectivity index (χ2n) is 4.04. The Labute approximate surface area is 118 Å². The number of hydrogen-bond donors (Lipinski definition) is 0. The quantitative estimate of drug-likeness (QED) is 0.606. The van der Waals surface area contributed by atoms with Gasteiger partial charge >= 0.3 is 5.97 Å². The standard InChI is InChI=1S/C17H16O3/c1-2-19-17(18)13-12-14-8-6-7-11-16(14)20-15-9-4-3-5-10-15/h3-13H,2H2,1H3. The van der Waals surface area contributed by atoms with E-state index in [0.29, 0.717) is 12.4 Å². The van der Waals surface area contributed by atoms with E-state index in [0.717, 1.165) is 11.3 Å². The van der Waals surface area contributed by atoms with Gasteiger partial charge in [-0.25, -0.2) is 4.79 Å². The third kappa shape index (κ3) is 3.99. The number of rotatable bonds is 5. The van der Waals surface area contributed by atoms with Crippen LogP contribution in [0.5, 0.6) is 11.5 Å². The molecule has 0 aliphatic carbocycles. The normalized spacial score (nSPS) is 10.4. The van der Waals surface area contributed by atoms with Gasteiger partial charge in [0.15, 0.2) is 0 Å².